The van der Waals surface area contributed by atoms with Crippen LogP contribution in [-0.2, 0) is 0 Å². The third-order valence-corrected chi connectivity index (χ3v) is 4.10. The maximum Gasteiger partial charge on any atom is 0.175 e. The molecule has 1 aliphatic heterocycles. The molecule has 3 aromatic heterocycles. The maximum absolute atomic E-state index is 4.62. The van der Waals surface area contributed by atoms with Crippen LogP contribution in [0.4, 0.5) is 5.82 Å². The van der Waals surface area contributed by atoms with E-state index in [-0.39, 0.29) is 0 Å². The number of rotatable bonds is 3. The second kappa shape index (κ2) is 5.48. The molecular weight excluding hydrogens is 348 g/mol. The number of anilines is 1. The van der Waals surface area contributed by atoms with Crippen LogP contribution in [0.2, 0.25) is 0 Å². The van der Waals surface area contributed by atoms with E-state index in [1.807, 2.05) is 17.1 Å². The Bertz CT molecular complexity index is 768. The first-order valence-electron chi connectivity index (χ1n) is 6.91. The van der Waals surface area contributed by atoms with E-state index >= 15 is 0 Å². The number of aromatic nitrogens is 7. The predicted molar refractivity (Wildman–Crippen MR) is 82.7 cm³/mol. The second-order valence-electron chi connectivity index (χ2n) is 5.10. The Morgan fingerprint density at radius 3 is 2.77 bits per heavy atom. The van der Waals surface area contributed by atoms with Gasteiger partial charge in [0.2, 0.25) is 0 Å². The van der Waals surface area contributed by atoms with Gasteiger partial charge in [0.1, 0.15) is 18.5 Å². The summed E-state index contributed by atoms with van der Waals surface area (Å²) in [6, 6.07) is 0.350. The van der Waals surface area contributed by atoms with Gasteiger partial charge in [-0.1, -0.05) is 0 Å². The second-order valence-corrected chi connectivity index (χ2v) is 6.02. The minimum Gasteiger partial charge on any atom is -0.353 e. The van der Waals surface area contributed by atoms with E-state index in [2.05, 4.69) is 46.0 Å². The van der Waals surface area contributed by atoms with Crippen LogP contribution in [0.1, 0.15) is 12.5 Å². The first-order chi connectivity index (χ1) is 10.8. The zero-order valence-corrected chi connectivity index (χ0v) is 13.2. The largest absolute Gasteiger partial charge is 0.353 e. The molecule has 0 amide bonds. The lowest BCUT2D eigenvalue weighted by Gasteiger charge is -2.17. The minimum atomic E-state index is 0.350. The van der Waals surface area contributed by atoms with Crippen LogP contribution in [0.3, 0.4) is 0 Å². The number of halogens is 1. The van der Waals surface area contributed by atoms with Crippen molar-refractivity contribution in [3.8, 4) is 5.82 Å². The molecule has 0 aromatic carbocycles. The molecule has 1 unspecified atom stereocenters. The zero-order chi connectivity index (χ0) is 14.9. The highest BCUT2D eigenvalue weighted by atomic mass is 79.9. The molecule has 4 rings (SSSR count). The Morgan fingerprint density at radius 1 is 1.09 bits per heavy atom. The van der Waals surface area contributed by atoms with Gasteiger partial charge in [-0.15, -0.1) is 0 Å². The van der Waals surface area contributed by atoms with Crippen molar-refractivity contribution in [1.82, 2.24) is 34.5 Å². The van der Waals surface area contributed by atoms with Crippen molar-refractivity contribution in [2.75, 3.05) is 18.0 Å². The first-order valence-corrected chi connectivity index (χ1v) is 7.70. The van der Waals surface area contributed by atoms with E-state index < -0.39 is 0 Å². The summed E-state index contributed by atoms with van der Waals surface area (Å²) in [5, 5.41) is 8.45. The molecule has 1 aliphatic rings. The molecule has 1 saturated heterocycles. The fourth-order valence-electron chi connectivity index (χ4n) is 2.62. The molecule has 0 aliphatic carbocycles. The molecule has 112 valence electrons. The smallest absolute Gasteiger partial charge is 0.175 e. The highest BCUT2D eigenvalue weighted by Gasteiger charge is 2.25. The van der Waals surface area contributed by atoms with Gasteiger partial charge in [0.25, 0.3) is 0 Å². The Balaban J connectivity index is 1.55. The van der Waals surface area contributed by atoms with Gasteiger partial charge in [-0.3, -0.25) is 9.67 Å². The van der Waals surface area contributed by atoms with Crippen LogP contribution in [-0.4, -0.2) is 47.6 Å². The van der Waals surface area contributed by atoms with Crippen LogP contribution >= 0.6 is 15.9 Å². The lowest BCUT2D eigenvalue weighted by molar-refractivity contribution is 0.494. The monoisotopic (exact) mass is 360 g/mol. The molecule has 9 heteroatoms. The summed E-state index contributed by atoms with van der Waals surface area (Å²) in [7, 11) is 0. The van der Waals surface area contributed by atoms with Crippen molar-refractivity contribution in [2.24, 2.45) is 0 Å². The quantitative estimate of drug-likeness (QED) is 0.703. The van der Waals surface area contributed by atoms with Gasteiger partial charge in [0.05, 0.1) is 29.1 Å². The summed E-state index contributed by atoms with van der Waals surface area (Å²) in [4.78, 5) is 15.0. The first kappa shape index (κ1) is 13.4. The molecule has 0 radical (unpaired) electrons. The molecule has 4 heterocycles. The normalized spacial score (nSPS) is 18.0. The molecular formula is C13H13BrN8. The van der Waals surface area contributed by atoms with Gasteiger partial charge in [0.15, 0.2) is 5.82 Å². The zero-order valence-electron chi connectivity index (χ0n) is 11.6. The summed E-state index contributed by atoms with van der Waals surface area (Å²) in [5.74, 6) is 1.52. The highest BCUT2D eigenvalue weighted by Crippen LogP contribution is 2.26. The van der Waals surface area contributed by atoms with Crippen molar-refractivity contribution in [3.05, 3.63) is 41.9 Å². The third kappa shape index (κ3) is 2.47. The third-order valence-electron chi connectivity index (χ3n) is 3.69. The molecule has 0 spiro atoms. The summed E-state index contributed by atoms with van der Waals surface area (Å²) >= 11 is 3.44. The van der Waals surface area contributed by atoms with Gasteiger partial charge >= 0.3 is 0 Å². The number of hydrogen-bond acceptors (Lipinski definition) is 6. The number of nitrogens with zero attached hydrogens (tertiary/aromatic N) is 8. The Morgan fingerprint density at radius 2 is 2.00 bits per heavy atom. The lowest BCUT2D eigenvalue weighted by atomic mass is 10.3. The lowest BCUT2D eigenvalue weighted by Crippen LogP contribution is -2.22. The predicted octanol–water partition coefficient (Wildman–Crippen LogP) is 1.47. The molecule has 22 heavy (non-hydrogen) atoms. The fraction of sp³-hybridized carbons (Fsp3) is 0.308. The average molecular weight is 361 g/mol. The molecule has 1 fully saturated rings. The van der Waals surface area contributed by atoms with Crippen LogP contribution in [0.15, 0.2) is 41.9 Å². The van der Waals surface area contributed by atoms with Gasteiger partial charge in [-0.05, 0) is 22.4 Å². The molecule has 0 saturated carbocycles. The van der Waals surface area contributed by atoms with Gasteiger partial charge in [-0.25, -0.2) is 14.6 Å². The Kier molecular flexibility index (Phi) is 3.34. The SMILES string of the molecule is Brc1cnn(C2CCN(c3cncc(-n4cncn4)n3)C2)c1. The Labute approximate surface area is 135 Å². The summed E-state index contributed by atoms with van der Waals surface area (Å²) in [6.07, 6.45) is 11.4. The average Bonchev–Trinajstić information content (AvgIpc) is 3.28. The Hall–Kier alpha value is -2.29. The van der Waals surface area contributed by atoms with Crippen molar-refractivity contribution in [3.63, 3.8) is 0 Å². The van der Waals surface area contributed by atoms with E-state index in [0.717, 1.165) is 29.8 Å². The van der Waals surface area contributed by atoms with Crippen molar-refractivity contribution in [2.45, 2.75) is 12.5 Å². The van der Waals surface area contributed by atoms with Gasteiger partial charge < -0.3 is 4.90 Å². The maximum atomic E-state index is 4.62. The van der Waals surface area contributed by atoms with E-state index in [4.69, 9.17) is 0 Å². The topological polar surface area (TPSA) is 77.5 Å². The molecule has 8 nitrogen and oxygen atoms in total. The minimum absolute atomic E-state index is 0.350. The number of hydrogen-bond donors (Lipinski definition) is 0. The molecule has 0 N–H and O–H groups in total. The van der Waals surface area contributed by atoms with Crippen molar-refractivity contribution in [1.29, 1.82) is 0 Å². The summed E-state index contributed by atoms with van der Waals surface area (Å²) in [5.41, 5.74) is 0. The summed E-state index contributed by atoms with van der Waals surface area (Å²) < 4.78 is 4.60. The fourth-order valence-corrected chi connectivity index (χ4v) is 2.92. The van der Waals surface area contributed by atoms with Crippen molar-refractivity contribution < 1.29 is 0 Å². The standard InChI is InChI=1S/C13H13BrN8/c14-10-3-17-21(6-10)11-1-2-20(7-11)12-4-15-5-13(19-12)22-9-16-8-18-22/h3-6,8-9,11H,1-2,7H2. The van der Waals surface area contributed by atoms with Gasteiger partial charge in [0, 0.05) is 19.3 Å². The molecule has 0 bridgehead atoms. The van der Waals surface area contributed by atoms with Gasteiger partial charge in [-0.2, -0.15) is 10.2 Å². The molecule has 3 aromatic rings. The van der Waals surface area contributed by atoms with Crippen molar-refractivity contribution >= 4 is 21.7 Å². The van der Waals surface area contributed by atoms with E-state index in [0.29, 0.717) is 11.9 Å². The van der Waals surface area contributed by atoms with E-state index in [9.17, 15) is 0 Å². The van der Waals surface area contributed by atoms with Crippen LogP contribution in [0.5, 0.6) is 0 Å². The van der Waals surface area contributed by atoms with E-state index in [1.54, 1.807) is 23.4 Å². The molecule has 1 atom stereocenters. The van der Waals surface area contributed by atoms with Crippen LogP contribution < -0.4 is 4.90 Å². The van der Waals surface area contributed by atoms with Crippen LogP contribution in [0, 0.1) is 0 Å². The van der Waals surface area contributed by atoms with Crippen LogP contribution in [0.25, 0.3) is 5.82 Å². The highest BCUT2D eigenvalue weighted by molar-refractivity contribution is 9.10. The summed E-state index contributed by atoms with van der Waals surface area (Å²) in [6.45, 7) is 1.79. The van der Waals surface area contributed by atoms with E-state index in [1.165, 1.54) is 6.33 Å².